The summed E-state index contributed by atoms with van der Waals surface area (Å²) in [6.45, 7) is 17.2. The van der Waals surface area contributed by atoms with E-state index in [-0.39, 0.29) is 1.43 Å². The third kappa shape index (κ3) is 7.28. The first kappa shape index (κ1) is 21.1. The molecule has 1 nitrogen and oxygen atoms in total. The lowest BCUT2D eigenvalue weighted by Crippen LogP contribution is -2.23. The molecule has 24 heavy (non-hydrogen) atoms. The fraction of sp³-hybridized carbons (Fsp3) is 0.739. The van der Waals surface area contributed by atoms with Gasteiger partial charge in [-0.05, 0) is 55.9 Å². The zero-order valence-electron chi connectivity index (χ0n) is 17.0. The minimum atomic E-state index is 0. The van der Waals surface area contributed by atoms with E-state index < -0.39 is 0 Å². The smallest absolute Gasteiger partial charge is 0.0147 e. The molecule has 0 saturated heterocycles. The maximum absolute atomic E-state index is 4.25. The Balaban J connectivity index is 0.00000576. The zero-order valence-corrected chi connectivity index (χ0v) is 17.0. The molecule has 1 rings (SSSR count). The molecule has 0 radical (unpaired) electrons. The summed E-state index contributed by atoms with van der Waals surface area (Å²) in [6.07, 6.45) is 16.0. The van der Waals surface area contributed by atoms with E-state index in [4.69, 9.17) is 0 Å². The van der Waals surface area contributed by atoms with E-state index in [1.165, 1.54) is 68.2 Å². The van der Waals surface area contributed by atoms with Crippen LogP contribution in [0.1, 0.15) is 93.8 Å². The number of hydrogen-bond acceptors (Lipinski definition) is 1. The van der Waals surface area contributed by atoms with Crippen LogP contribution in [0, 0.1) is 11.3 Å². The Labute approximate surface area is 153 Å². The van der Waals surface area contributed by atoms with E-state index in [9.17, 15) is 0 Å². The van der Waals surface area contributed by atoms with Crippen molar-refractivity contribution in [3.05, 3.63) is 35.6 Å². The van der Waals surface area contributed by atoms with Crippen LogP contribution in [-0.2, 0) is 0 Å². The number of nitrogens with one attached hydrogen (secondary N) is 1. The van der Waals surface area contributed by atoms with Gasteiger partial charge in [-0.25, -0.2) is 0 Å². The van der Waals surface area contributed by atoms with Gasteiger partial charge in [0, 0.05) is 13.7 Å². The highest BCUT2D eigenvalue weighted by Gasteiger charge is 2.26. The zero-order chi connectivity index (χ0) is 18.0. The maximum Gasteiger partial charge on any atom is 0.0147 e. The minimum Gasteiger partial charge on any atom is -0.388 e. The van der Waals surface area contributed by atoms with Crippen molar-refractivity contribution < 1.29 is 1.43 Å². The summed E-state index contributed by atoms with van der Waals surface area (Å²) in [5.74, 6) is 0.874. The van der Waals surface area contributed by atoms with Gasteiger partial charge in [0.2, 0.25) is 0 Å². The molecule has 1 heteroatoms. The molecular weight excluding hydrogens is 290 g/mol. The van der Waals surface area contributed by atoms with E-state index in [0.29, 0.717) is 5.41 Å². The minimum absolute atomic E-state index is 0. The SMILES string of the molecule is C=C(/C=C\C1=C(C)NCCC1)CCCCC(C)(C)[C@@H](CC)CCC.[HH]. The predicted molar refractivity (Wildman–Crippen MR) is 111 cm³/mol. The van der Waals surface area contributed by atoms with Crippen molar-refractivity contribution in [2.24, 2.45) is 11.3 Å². The fourth-order valence-corrected chi connectivity index (χ4v) is 4.00. The molecule has 0 fully saturated rings. The average molecular weight is 334 g/mol. The molecule has 140 valence electrons. The van der Waals surface area contributed by atoms with Crippen molar-refractivity contribution in [1.82, 2.24) is 5.32 Å². The van der Waals surface area contributed by atoms with Crippen LogP contribution in [0.15, 0.2) is 35.6 Å². The lowest BCUT2D eigenvalue weighted by atomic mass is 9.72. The van der Waals surface area contributed by atoms with Gasteiger partial charge in [-0.15, -0.1) is 0 Å². The van der Waals surface area contributed by atoms with Crippen LogP contribution in [0.2, 0.25) is 0 Å². The van der Waals surface area contributed by atoms with Crippen LogP contribution >= 0.6 is 0 Å². The van der Waals surface area contributed by atoms with Crippen LogP contribution in [-0.4, -0.2) is 6.54 Å². The summed E-state index contributed by atoms with van der Waals surface area (Å²) < 4.78 is 0. The standard InChI is InChI=1S/C23H41N.H2/c1-7-12-22(8-2)23(5,6)17-10-9-13-19(3)15-16-21-14-11-18-24-20(21)4;/h15-16,22,24H,3,7-14,17-18H2,1-2,4-6H3;1H/b16-15-;/t22-;/m0./s1. The first-order chi connectivity index (χ1) is 11.4. The highest BCUT2D eigenvalue weighted by Crippen LogP contribution is 2.37. The van der Waals surface area contributed by atoms with Gasteiger partial charge in [0.25, 0.3) is 0 Å². The first-order valence-corrected chi connectivity index (χ1v) is 10.2. The molecule has 0 bridgehead atoms. The molecule has 1 aliphatic rings. The lowest BCUT2D eigenvalue weighted by molar-refractivity contribution is 0.171. The summed E-state index contributed by atoms with van der Waals surface area (Å²) in [4.78, 5) is 0. The molecule has 1 aliphatic heterocycles. The van der Waals surface area contributed by atoms with Crippen molar-refractivity contribution >= 4 is 0 Å². The molecule has 0 aliphatic carbocycles. The van der Waals surface area contributed by atoms with Gasteiger partial charge < -0.3 is 5.32 Å². The normalized spacial score (nSPS) is 17.2. The number of allylic oxidation sites excluding steroid dienone is 5. The molecule has 0 aromatic heterocycles. The Kier molecular flexibility index (Phi) is 9.48. The van der Waals surface area contributed by atoms with Gasteiger partial charge in [0.05, 0.1) is 0 Å². The summed E-state index contributed by atoms with van der Waals surface area (Å²) in [7, 11) is 0. The molecule has 1 N–H and O–H groups in total. The van der Waals surface area contributed by atoms with Crippen LogP contribution in [0.4, 0.5) is 0 Å². The number of rotatable bonds is 11. The Morgan fingerprint density at radius 2 is 2.08 bits per heavy atom. The first-order valence-electron chi connectivity index (χ1n) is 10.2. The Bertz CT molecular complexity index is 445. The van der Waals surface area contributed by atoms with Crippen LogP contribution < -0.4 is 5.32 Å². The fourth-order valence-electron chi connectivity index (χ4n) is 4.00. The second-order valence-electron chi connectivity index (χ2n) is 8.26. The van der Waals surface area contributed by atoms with Crippen LogP contribution in [0.25, 0.3) is 0 Å². The van der Waals surface area contributed by atoms with E-state index in [2.05, 4.69) is 58.7 Å². The Morgan fingerprint density at radius 3 is 2.71 bits per heavy atom. The topological polar surface area (TPSA) is 12.0 Å². The largest absolute Gasteiger partial charge is 0.388 e. The van der Waals surface area contributed by atoms with Crippen molar-refractivity contribution in [1.29, 1.82) is 0 Å². The second-order valence-corrected chi connectivity index (χ2v) is 8.26. The molecular formula is C23H43N. The van der Waals surface area contributed by atoms with Gasteiger partial charge >= 0.3 is 0 Å². The van der Waals surface area contributed by atoms with E-state index in [1.54, 1.807) is 0 Å². The van der Waals surface area contributed by atoms with E-state index in [1.807, 2.05) is 0 Å². The van der Waals surface area contributed by atoms with Gasteiger partial charge in [-0.3, -0.25) is 0 Å². The van der Waals surface area contributed by atoms with Crippen molar-refractivity contribution in [3.63, 3.8) is 0 Å². The summed E-state index contributed by atoms with van der Waals surface area (Å²) in [5.41, 5.74) is 4.55. The Hall–Kier alpha value is -0.980. The van der Waals surface area contributed by atoms with E-state index in [0.717, 1.165) is 18.9 Å². The number of unbranched alkanes of at least 4 members (excludes halogenated alkanes) is 1. The van der Waals surface area contributed by atoms with Gasteiger partial charge in [0.15, 0.2) is 0 Å². The highest BCUT2D eigenvalue weighted by atomic mass is 14.9. The molecule has 1 atom stereocenters. The van der Waals surface area contributed by atoms with Gasteiger partial charge in [-0.1, -0.05) is 77.7 Å². The third-order valence-corrected chi connectivity index (χ3v) is 5.82. The quantitative estimate of drug-likeness (QED) is 0.306. The molecule has 0 unspecified atom stereocenters. The molecule has 1 heterocycles. The number of hydrogen-bond donors (Lipinski definition) is 1. The van der Waals surface area contributed by atoms with Crippen LogP contribution in [0.3, 0.4) is 0 Å². The second kappa shape index (κ2) is 10.8. The van der Waals surface area contributed by atoms with Gasteiger partial charge in [-0.2, -0.15) is 0 Å². The molecule has 0 aromatic rings. The van der Waals surface area contributed by atoms with Crippen molar-refractivity contribution in [2.75, 3.05) is 6.54 Å². The Morgan fingerprint density at radius 1 is 1.33 bits per heavy atom. The predicted octanol–water partition coefficient (Wildman–Crippen LogP) is 7.42. The monoisotopic (exact) mass is 333 g/mol. The third-order valence-electron chi connectivity index (χ3n) is 5.82. The van der Waals surface area contributed by atoms with Gasteiger partial charge in [0.1, 0.15) is 0 Å². The molecule has 0 saturated carbocycles. The summed E-state index contributed by atoms with van der Waals surface area (Å²) in [6, 6.07) is 0. The lowest BCUT2D eigenvalue weighted by Gasteiger charge is -2.34. The van der Waals surface area contributed by atoms with Crippen LogP contribution in [0.5, 0.6) is 0 Å². The summed E-state index contributed by atoms with van der Waals surface area (Å²) in [5, 5.41) is 3.45. The molecule has 0 aromatic carbocycles. The maximum atomic E-state index is 4.25. The summed E-state index contributed by atoms with van der Waals surface area (Å²) >= 11 is 0. The van der Waals surface area contributed by atoms with Crippen molar-refractivity contribution in [2.45, 2.75) is 92.4 Å². The molecule has 0 spiro atoms. The average Bonchev–Trinajstić information content (AvgIpc) is 2.55. The highest BCUT2D eigenvalue weighted by molar-refractivity contribution is 5.30. The van der Waals surface area contributed by atoms with Crippen molar-refractivity contribution in [3.8, 4) is 0 Å². The molecule has 0 amide bonds. The van der Waals surface area contributed by atoms with E-state index >= 15 is 0 Å².